The Bertz CT molecular complexity index is 423. The first-order chi connectivity index (χ1) is 6.33. The molecule has 2 rings (SSSR count). The second-order valence-electron chi connectivity index (χ2n) is 2.70. The summed E-state index contributed by atoms with van der Waals surface area (Å²) in [6, 6.07) is 5.80. The van der Waals surface area contributed by atoms with Crippen molar-refractivity contribution in [3.8, 4) is 0 Å². The monoisotopic (exact) mass is 240 g/mol. The Labute approximate surface area is 83.9 Å². The van der Waals surface area contributed by atoms with E-state index < -0.39 is 0 Å². The van der Waals surface area contributed by atoms with Crippen LogP contribution in [0.25, 0.3) is 5.65 Å². The highest BCUT2D eigenvalue weighted by molar-refractivity contribution is 9.10. The number of rotatable bonds is 2. The minimum absolute atomic E-state index is 0.585. The second-order valence-corrected chi connectivity index (χ2v) is 3.51. The third kappa shape index (κ3) is 1.45. The Morgan fingerprint density at radius 2 is 2.23 bits per heavy atom. The summed E-state index contributed by atoms with van der Waals surface area (Å²) in [7, 11) is 0. The van der Waals surface area contributed by atoms with Crippen LogP contribution in [-0.2, 0) is 6.42 Å². The molecule has 0 saturated carbocycles. The number of nitrogens with two attached hydrogens (primary N) is 1. The molecule has 0 aliphatic heterocycles. The molecule has 0 unspecified atom stereocenters. The Morgan fingerprint density at radius 3 is 3.00 bits per heavy atom. The summed E-state index contributed by atoms with van der Waals surface area (Å²) in [5.74, 6) is 0.893. The molecule has 68 valence electrons. The lowest BCUT2D eigenvalue weighted by atomic mass is 10.4. The number of hydrogen-bond acceptors (Lipinski definition) is 3. The zero-order chi connectivity index (χ0) is 9.26. The fourth-order valence-corrected chi connectivity index (χ4v) is 1.79. The molecule has 0 spiro atoms. The highest BCUT2D eigenvalue weighted by atomic mass is 79.9. The van der Waals surface area contributed by atoms with Crippen molar-refractivity contribution in [3.05, 3.63) is 28.6 Å². The van der Waals surface area contributed by atoms with Gasteiger partial charge in [-0.2, -0.15) is 0 Å². The summed E-state index contributed by atoms with van der Waals surface area (Å²) < 4.78 is 2.91. The molecule has 2 N–H and O–H groups in total. The van der Waals surface area contributed by atoms with Gasteiger partial charge in [-0.1, -0.05) is 6.07 Å². The summed E-state index contributed by atoms with van der Waals surface area (Å²) in [6.07, 6.45) is 0.740. The van der Waals surface area contributed by atoms with Crippen LogP contribution in [0, 0.1) is 0 Å². The maximum absolute atomic E-state index is 5.46. The van der Waals surface area contributed by atoms with Gasteiger partial charge in [0.05, 0.1) is 4.60 Å². The Balaban J connectivity index is 2.64. The van der Waals surface area contributed by atoms with E-state index in [9.17, 15) is 0 Å². The fraction of sp³-hybridized carbons (Fsp3) is 0.250. The number of nitrogens with zero attached hydrogens (tertiary/aromatic N) is 3. The Kier molecular flexibility index (Phi) is 2.28. The van der Waals surface area contributed by atoms with E-state index in [0.29, 0.717) is 6.54 Å². The molecule has 2 aromatic rings. The molecular formula is C8H9BrN4. The molecule has 0 radical (unpaired) electrons. The standard InChI is InChI=1S/C8H9BrN4/c9-6-2-1-3-7-11-12-8(4-5-10)13(6)7/h1-3H,4-5,10H2. The first kappa shape index (κ1) is 8.65. The van der Waals surface area contributed by atoms with Crippen LogP contribution < -0.4 is 5.73 Å². The van der Waals surface area contributed by atoms with Crippen molar-refractivity contribution in [2.24, 2.45) is 5.73 Å². The maximum Gasteiger partial charge on any atom is 0.161 e. The zero-order valence-corrected chi connectivity index (χ0v) is 8.53. The predicted octanol–water partition coefficient (Wildman–Crippen LogP) is 0.993. The first-order valence-electron chi connectivity index (χ1n) is 4.01. The quantitative estimate of drug-likeness (QED) is 0.798. The predicted molar refractivity (Wildman–Crippen MR) is 53.4 cm³/mol. The van der Waals surface area contributed by atoms with Crippen molar-refractivity contribution in [2.45, 2.75) is 6.42 Å². The molecule has 0 aliphatic rings. The van der Waals surface area contributed by atoms with Crippen molar-refractivity contribution in [1.29, 1.82) is 0 Å². The van der Waals surface area contributed by atoms with Crippen LogP contribution in [0.4, 0.5) is 0 Å². The van der Waals surface area contributed by atoms with E-state index in [4.69, 9.17) is 5.73 Å². The molecule has 0 saturated heterocycles. The summed E-state index contributed by atoms with van der Waals surface area (Å²) in [6.45, 7) is 0.585. The highest BCUT2D eigenvalue weighted by Crippen LogP contribution is 2.13. The van der Waals surface area contributed by atoms with Crippen molar-refractivity contribution < 1.29 is 0 Å². The average molecular weight is 241 g/mol. The molecule has 0 aromatic carbocycles. The Hall–Kier alpha value is -0.940. The maximum atomic E-state index is 5.46. The molecule has 5 heteroatoms. The normalized spacial score (nSPS) is 10.9. The van der Waals surface area contributed by atoms with Crippen molar-refractivity contribution in [2.75, 3.05) is 6.54 Å². The van der Waals surface area contributed by atoms with Gasteiger partial charge < -0.3 is 5.73 Å². The topological polar surface area (TPSA) is 56.2 Å². The highest BCUT2D eigenvalue weighted by Gasteiger charge is 2.05. The molecule has 13 heavy (non-hydrogen) atoms. The van der Waals surface area contributed by atoms with Gasteiger partial charge in [0.25, 0.3) is 0 Å². The zero-order valence-electron chi connectivity index (χ0n) is 6.94. The van der Waals surface area contributed by atoms with Gasteiger partial charge in [0.2, 0.25) is 0 Å². The van der Waals surface area contributed by atoms with E-state index >= 15 is 0 Å². The van der Waals surface area contributed by atoms with Crippen molar-refractivity contribution in [3.63, 3.8) is 0 Å². The van der Waals surface area contributed by atoms with Gasteiger partial charge in [-0.15, -0.1) is 10.2 Å². The van der Waals surface area contributed by atoms with Crippen LogP contribution in [0.2, 0.25) is 0 Å². The van der Waals surface area contributed by atoms with E-state index in [0.717, 1.165) is 22.5 Å². The summed E-state index contributed by atoms with van der Waals surface area (Å²) in [5, 5.41) is 8.07. The molecule has 0 fully saturated rings. The summed E-state index contributed by atoms with van der Waals surface area (Å²) >= 11 is 3.44. The van der Waals surface area contributed by atoms with Crippen LogP contribution in [0.15, 0.2) is 22.8 Å². The van der Waals surface area contributed by atoms with Gasteiger partial charge >= 0.3 is 0 Å². The third-order valence-corrected chi connectivity index (χ3v) is 2.43. The van der Waals surface area contributed by atoms with E-state index in [1.165, 1.54) is 0 Å². The van der Waals surface area contributed by atoms with Gasteiger partial charge in [0.1, 0.15) is 5.82 Å². The number of hydrogen-bond donors (Lipinski definition) is 1. The minimum atomic E-state index is 0.585. The summed E-state index contributed by atoms with van der Waals surface area (Å²) in [4.78, 5) is 0. The number of fused-ring (bicyclic) bond motifs is 1. The SMILES string of the molecule is NCCc1nnc2cccc(Br)n12. The van der Waals surface area contributed by atoms with Crippen molar-refractivity contribution >= 4 is 21.6 Å². The lowest BCUT2D eigenvalue weighted by Gasteiger charge is -1.99. The smallest absolute Gasteiger partial charge is 0.161 e. The largest absolute Gasteiger partial charge is 0.330 e. The number of halogens is 1. The number of aromatic nitrogens is 3. The molecule has 2 heterocycles. The average Bonchev–Trinajstić information content (AvgIpc) is 2.51. The van der Waals surface area contributed by atoms with Gasteiger partial charge in [-0.05, 0) is 34.6 Å². The molecule has 0 amide bonds. The van der Waals surface area contributed by atoms with E-state index in [2.05, 4.69) is 26.1 Å². The third-order valence-electron chi connectivity index (χ3n) is 1.82. The van der Waals surface area contributed by atoms with Crippen LogP contribution in [0.1, 0.15) is 5.82 Å². The molecule has 0 bridgehead atoms. The molecule has 2 aromatic heterocycles. The Morgan fingerprint density at radius 1 is 1.38 bits per heavy atom. The lowest BCUT2D eigenvalue weighted by Crippen LogP contribution is -2.06. The second kappa shape index (κ2) is 3.43. The fourth-order valence-electron chi connectivity index (χ4n) is 1.25. The van der Waals surface area contributed by atoms with Crippen LogP contribution in [0.5, 0.6) is 0 Å². The van der Waals surface area contributed by atoms with Gasteiger partial charge in [-0.25, -0.2) is 0 Å². The first-order valence-corrected chi connectivity index (χ1v) is 4.81. The van der Waals surface area contributed by atoms with Gasteiger partial charge in [0, 0.05) is 6.42 Å². The minimum Gasteiger partial charge on any atom is -0.330 e. The molecule has 0 aliphatic carbocycles. The summed E-state index contributed by atoms with van der Waals surface area (Å²) in [5.41, 5.74) is 6.31. The van der Waals surface area contributed by atoms with Crippen LogP contribution in [0.3, 0.4) is 0 Å². The van der Waals surface area contributed by atoms with E-state index in [-0.39, 0.29) is 0 Å². The van der Waals surface area contributed by atoms with Crippen molar-refractivity contribution in [1.82, 2.24) is 14.6 Å². The van der Waals surface area contributed by atoms with E-state index in [1.807, 2.05) is 22.6 Å². The molecular weight excluding hydrogens is 232 g/mol. The van der Waals surface area contributed by atoms with Crippen LogP contribution >= 0.6 is 15.9 Å². The van der Waals surface area contributed by atoms with Gasteiger partial charge in [0.15, 0.2) is 5.65 Å². The molecule has 4 nitrogen and oxygen atoms in total. The number of pyridine rings is 1. The lowest BCUT2D eigenvalue weighted by molar-refractivity contribution is 0.842. The van der Waals surface area contributed by atoms with E-state index in [1.54, 1.807) is 0 Å². The van der Waals surface area contributed by atoms with Gasteiger partial charge in [-0.3, -0.25) is 4.40 Å². The van der Waals surface area contributed by atoms with Crippen LogP contribution in [-0.4, -0.2) is 21.1 Å². The molecule has 0 atom stereocenters.